The zero-order chi connectivity index (χ0) is 25.4. The van der Waals surface area contributed by atoms with Gasteiger partial charge in [0.2, 0.25) is 11.8 Å². The second-order valence-corrected chi connectivity index (χ2v) is 8.65. The van der Waals surface area contributed by atoms with Gasteiger partial charge in [-0.25, -0.2) is 9.67 Å². The minimum absolute atomic E-state index is 0.102. The smallest absolute Gasteiger partial charge is 0.321 e. The summed E-state index contributed by atoms with van der Waals surface area (Å²) in [6, 6.07) is 16.6. The third kappa shape index (κ3) is 4.26. The number of fused-ring (bicyclic) bond motifs is 1. The summed E-state index contributed by atoms with van der Waals surface area (Å²) in [5, 5.41) is 7.63. The molecule has 2 amide bonds. The minimum Gasteiger partial charge on any atom is -0.481 e. The first-order valence-corrected chi connectivity index (χ1v) is 11.3. The summed E-state index contributed by atoms with van der Waals surface area (Å²) in [4.78, 5) is 30.9. The molecule has 2 atom stereocenters. The average molecular weight is 491 g/mol. The summed E-state index contributed by atoms with van der Waals surface area (Å²) < 4.78 is 34.2. The number of amides is 2. The molecule has 4 aromatic rings. The van der Waals surface area contributed by atoms with Gasteiger partial charge in [-0.1, -0.05) is 30.3 Å². The first kappa shape index (κ1) is 23.4. The number of pyridine rings is 1. The van der Waals surface area contributed by atoms with E-state index in [0.717, 1.165) is 22.2 Å². The molecule has 2 aromatic carbocycles. The molecule has 2 aromatic heterocycles. The minimum atomic E-state index is -3.55. The molecule has 0 spiro atoms. The number of alkyl halides is 2. The van der Waals surface area contributed by atoms with Crippen LogP contribution in [0.25, 0.3) is 16.6 Å². The summed E-state index contributed by atoms with van der Waals surface area (Å²) in [6.45, 7) is 0.540. The molecule has 8 nitrogen and oxygen atoms in total. The molecule has 3 heterocycles. The lowest BCUT2D eigenvalue weighted by Gasteiger charge is -2.29. The molecule has 1 fully saturated rings. The highest BCUT2D eigenvalue weighted by atomic mass is 19.3. The van der Waals surface area contributed by atoms with Crippen LogP contribution in [-0.4, -0.2) is 45.7 Å². The second kappa shape index (κ2) is 9.03. The molecule has 1 saturated heterocycles. The van der Waals surface area contributed by atoms with E-state index in [4.69, 9.17) is 4.74 Å². The molecular formula is C26H23F2N5O3. The monoisotopic (exact) mass is 491 g/mol. The van der Waals surface area contributed by atoms with E-state index in [1.54, 1.807) is 52.3 Å². The van der Waals surface area contributed by atoms with Crippen molar-refractivity contribution < 1.29 is 23.1 Å². The van der Waals surface area contributed by atoms with Crippen LogP contribution in [0.2, 0.25) is 0 Å². The van der Waals surface area contributed by atoms with Crippen LogP contribution < -0.4 is 15.0 Å². The normalized spacial score (nSPS) is 18.0. The standard InChI is InChI=1S/C26H23F2N5O3/c1-26(27,28)25(35)31-20-14-23(34)32(24(20)16-6-4-3-5-7-16)18-8-9-21-17(12-18)15-30-33(21)19-10-11-29-22(13-19)36-2/h3-13,15,20,24H,14H2,1-2H3,(H,31,35)/t20-,24?/m0/s1. The van der Waals surface area contributed by atoms with E-state index in [9.17, 15) is 18.4 Å². The molecule has 0 saturated carbocycles. The number of rotatable bonds is 6. The van der Waals surface area contributed by atoms with Crippen LogP contribution >= 0.6 is 0 Å². The molecule has 1 N–H and O–H groups in total. The van der Waals surface area contributed by atoms with Gasteiger partial charge in [-0.15, -0.1) is 0 Å². The highest BCUT2D eigenvalue weighted by Crippen LogP contribution is 2.39. The zero-order valence-electron chi connectivity index (χ0n) is 19.6. The van der Waals surface area contributed by atoms with Crippen molar-refractivity contribution in [2.45, 2.75) is 31.4 Å². The number of halogens is 2. The fourth-order valence-electron chi connectivity index (χ4n) is 4.51. The molecule has 10 heteroatoms. The molecule has 1 aliphatic rings. The van der Waals surface area contributed by atoms with Crippen molar-refractivity contribution in [3.63, 3.8) is 0 Å². The van der Waals surface area contributed by atoms with Gasteiger partial charge < -0.3 is 15.0 Å². The molecule has 1 unspecified atom stereocenters. The zero-order valence-corrected chi connectivity index (χ0v) is 19.6. The molecular weight excluding hydrogens is 468 g/mol. The van der Waals surface area contributed by atoms with E-state index >= 15 is 0 Å². The van der Waals surface area contributed by atoms with Crippen LogP contribution in [-0.2, 0) is 9.59 Å². The largest absolute Gasteiger partial charge is 0.481 e. The lowest BCUT2D eigenvalue weighted by Crippen LogP contribution is -2.46. The fraction of sp³-hybridized carbons (Fsp3) is 0.231. The van der Waals surface area contributed by atoms with Crippen LogP contribution in [0.5, 0.6) is 5.88 Å². The number of carbonyl (C=O) groups is 2. The number of carbonyl (C=O) groups excluding carboxylic acids is 2. The summed E-state index contributed by atoms with van der Waals surface area (Å²) in [5.41, 5.74) is 2.86. The van der Waals surface area contributed by atoms with Crippen LogP contribution in [0.1, 0.15) is 24.9 Å². The van der Waals surface area contributed by atoms with Crippen molar-refractivity contribution in [1.29, 1.82) is 0 Å². The molecule has 0 bridgehead atoms. The number of anilines is 1. The number of hydrogen-bond donors (Lipinski definition) is 1. The van der Waals surface area contributed by atoms with Crippen molar-refractivity contribution in [2.24, 2.45) is 0 Å². The van der Waals surface area contributed by atoms with Gasteiger partial charge in [-0.3, -0.25) is 9.59 Å². The van der Waals surface area contributed by atoms with E-state index in [1.807, 2.05) is 30.3 Å². The Bertz CT molecular complexity index is 1430. The van der Waals surface area contributed by atoms with Gasteiger partial charge in [0, 0.05) is 36.7 Å². The number of benzene rings is 2. The first-order valence-electron chi connectivity index (χ1n) is 11.3. The predicted octanol–water partition coefficient (Wildman–Crippen LogP) is 4.05. The first-order chi connectivity index (χ1) is 17.3. The van der Waals surface area contributed by atoms with Crippen LogP contribution in [0.4, 0.5) is 14.5 Å². The van der Waals surface area contributed by atoms with E-state index in [1.165, 1.54) is 7.11 Å². The number of aromatic nitrogens is 3. The summed E-state index contributed by atoms with van der Waals surface area (Å²) in [7, 11) is 1.53. The molecule has 36 heavy (non-hydrogen) atoms. The molecule has 0 radical (unpaired) electrons. The summed E-state index contributed by atoms with van der Waals surface area (Å²) in [6.07, 6.45) is 3.20. The molecule has 184 valence electrons. The predicted molar refractivity (Wildman–Crippen MR) is 129 cm³/mol. The van der Waals surface area contributed by atoms with Crippen LogP contribution in [0.3, 0.4) is 0 Å². The van der Waals surface area contributed by atoms with E-state index in [0.29, 0.717) is 18.5 Å². The number of hydrogen-bond acceptors (Lipinski definition) is 5. The van der Waals surface area contributed by atoms with E-state index in [-0.39, 0.29) is 12.3 Å². The maximum Gasteiger partial charge on any atom is 0.321 e. The second-order valence-electron chi connectivity index (χ2n) is 8.65. The van der Waals surface area contributed by atoms with Crippen molar-refractivity contribution in [3.05, 3.63) is 78.6 Å². The maximum absolute atomic E-state index is 13.6. The van der Waals surface area contributed by atoms with Gasteiger partial charge in [0.1, 0.15) is 0 Å². The Morgan fingerprint density at radius 3 is 2.61 bits per heavy atom. The molecule has 5 rings (SSSR count). The number of nitrogens with one attached hydrogen (secondary N) is 1. The van der Waals surface area contributed by atoms with Crippen LogP contribution in [0.15, 0.2) is 73.1 Å². The van der Waals surface area contributed by atoms with Crippen molar-refractivity contribution in [2.75, 3.05) is 12.0 Å². The Morgan fingerprint density at radius 1 is 1.11 bits per heavy atom. The molecule has 1 aliphatic heterocycles. The van der Waals surface area contributed by atoms with Crippen molar-refractivity contribution >= 4 is 28.4 Å². The number of methoxy groups -OCH3 is 1. The number of nitrogens with zero attached hydrogens (tertiary/aromatic N) is 4. The highest BCUT2D eigenvalue weighted by molar-refractivity contribution is 6.00. The van der Waals surface area contributed by atoms with Crippen molar-refractivity contribution in [3.8, 4) is 11.6 Å². The van der Waals surface area contributed by atoms with Gasteiger partial charge in [-0.2, -0.15) is 13.9 Å². The Morgan fingerprint density at radius 2 is 1.89 bits per heavy atom. The lowest BCUT2D eigenvalue weighted by atomic mass is 9.99. The van der Waals surface area contributed by atoms with Crippen LogP contribution in [0, 0.1) is 0 Å². The summed E-state index contributed by atoms with van der Waals surface area (Å²) in [5.74, 6) is -4.79. The van der Waals surface area contributed by atoms with Crippen molar-refractivity contribution in [1.82, 2.24) is 20.1 Å². The van der Waals surface area contributed by atoms with E-state index in [2.05, 4.69) is 15.4 Å². The van der Waals surface area contributed by atoms with Gasteiger partial charge in [0.05, 0.1) is 36.6 Å². The Labute approximate surface area is 205 Å². The SMILES string of the molecule is COc1cc(-n2ncc3cc(N4C(=O)C[C@H](NC(=O)C(C)(F)F)C4c4ccccc4)ccc32)ccn1. The van der Waals surface area contributed by atoms with Gasteiger partial charge >= 0.3 is 5.92 Å². The highest BCUT2D eigenvalue weighted by Gasteiger charge is 2.45. The quantitative estimate of drug-likeness (QED) is 0.440. The lowest BCUT2D eigenvalue weighted by molar-refractivity contribution is -0.143. The Kier molecular flexibility index (Phi) is 5.87. The summed E-state index contributed by atoms with van der Waals surface area (Å²) >= 11 is 0. The third-order valence-corrected chi connectivity index (χ3v) is 6.18. The van der Waals surface area contributed by atoms with Gasteiger partial charge in [0.15, 0.2) is 0 Å². The Balaban J connectivity index is 1.53. The number of ether oxygens (including phenoxy) is 1. The molecule has 0 aliphatic carbocycles. The van der Waals surface area contributed by atoms with E-state index < -0.39 is 23.9 Å². The van der Waals surface area contributed by atoms with Gasteiger partial charge in [-0.05, 0) is 29.8 Å². The fourth-order valence-corrected chi connectivity index (χ4v) is 4.51. The average Bonchev–Trinajstić information content (AvgIpc) is 3.44. The Hall–Kier alpha value is -4.34. The van der Waals surface area contributed by atoms with Gasteiger partial charge in [0.25, 0.3) is 5.91 Å². The maximum atomic E-state index is 13.6. The topological polar surface area (TPSA) is 89.4 Å². The third-order valence-electron chi connectivity index (χ3n) is 6.18.